The van der Waals surface area contributed by atoms with Crippen LogP contribution in [0.4, 0.5) is 11.4 Å². The molecule has 2 aromatic carbocycles. The fourth-order valence-corrected chi connectivity index (χ4v) is 3.20. The zero-order valence-electron chi connectivity index (χ0n) is 15.8. The van der Waals surface area contributed by atoms with Gasteiger partial charge < -0.3 is 15.0 Å². The van der Waals surface area contributed by atoms with Gasteiger partial charge in [0, 0.05) is 37.6 Å². The van der Waals surface area contributed by atoms with E-state index in [-0.39, 0.29) is 11.9 Å². The molecule has 1 aliphatic rings. The molecule has 1 N–H and O–H groups in total. The van der Waals surface area contributed by atoms with Crippen molar-refractivity contribution in [2.24, 2.45) is 0 Å². The van der Waals surface area contributed by atoms with Gasteiger partial charge in [-0.3, -0.25) is 9.69 Å². The number of rotatable bonds is 5. The van der Waals surface area contributed by atoms with Gasteiger partial charge in [-0.25, -0.2) is 4.79 Å². The number of hydrogen-bond acceptors (Lipinski definition) is 5. The second kappa shape index (κ2) is 8.68. The fraction of sp³-hybridized carbons (Fsp3) is 0.333. The van der Waals surface area contributed by atoms with Crippen molar-refractivity contribution in [2.75, 3.05) is 50.1 Å². The number of anilines is 2. The van der Waals surface area contributed by atoms with E-state index in [0.29, 0.717) is 17.8 Å². The monoisotopic (exact) mass is 367 g/mol. The average Bonchev–Trinajstić information content (AvgIpc) is 2.68. The summed E-state index contributed by atoms with van der Waals surface area (Å²) in [7, 11) is 1.34. The molecule has 3 rings (SSSR count). The predicted molar refractivity (Wildman–Crippen MR) is 106 cm³/mol. The normalized spacial score (nSPS) is 14.7. The van der Waals surface area contributed by atoms with Gasteiger partial charge in [-0.15, -0.1) is 0 Å². The molecule has 27 heavy (non-hydrogen) atoms. The minimum absolute atomic E-state index is 0.0511. The van der Waals surface area contributed by atoms with E-state index in [4.69, 9.17) is 0 Å². The zero-order valence-corrected chi connectivity index (χ0v) is 15.8. The van der Waals surface area contributed by atoms with E-state index >= 15 is 0 Å². The molecule has 0 aliphatic carbocycles. The fourth-order valence-electron chi connectivity index (χ4n) is 3.20. The topological polar surface area (TPSA) is 61.9 Å². The lowest BCUT2D eigenvalue weighted by Gasteiger charge is -2.35. The van der Waals surface area contributed by atoms with Gasteiger partial charge in [0.15, 0.2) is 0 Å². The van der Waals surface area contributed by atoms with Crippen molar-refractivity contribution in [2.45, 2.75) is 6.92 Å². The molecule has 0 unspecified atom stereocenters. The average molecular weight is 367 g/mol. The van der Waals surface area contributed by atoms with Crippen LogP contribution in [0.2, 0.25) is 0 Å². The third-order valence-electron chi connectivity index (χ3n) is 4.70. The Morgan fingerprint density at radius 1 is 1.04 bits per heavy atom. The summed E-state index contributed by atoms with van der Waals surface area (Å²) in [4.78, 5) is 28.2. The minimum Gasteiger partial charge on any atom is -0.465 e. The Balaban J connectivity index is 1.47. The van der Waals surface area contributed by atoms with Crippen molar-refractivity contribution in [3.05, 3.63) is 59.7 Å². The molecule has 0 spiro atoms. The smallest absolute Gasteiger partial charge is 0.337 e. The second-order valence-corrected chi connectivity index (χ2v) is 6.72. The molecule has 1 saturated heterocycles. The number of hydrogen-bond donors (Lipinski definition) is 1. The summed E-state index contributed by atoms with van der Waals surface area (Å²) in [5, 5.41) is 2.88. The highest BCUT2D eigenvalue weighted by molar-refractivity contribution is 5.94. The van der Waals surface area contributed by atoms with Gasteiger partial charge in [-0.1, -0.05) is 12.1 Å². The first-order valence-electron chi connectivity index (χ1n) is 9.07. The van der Waals surface area contributed by atoms with Crippen LogP contribution in [-0.2, 0) is 9.53 Å². The number of carbonyl (C=O) groups excluding carboxylic acids is 2. The molecule has 0 aromatic heterocycles. The minimum atomic E-state index is -0.389. The lowest BCUT2D eigenvalue weighted by atomic mass is 10.2. The molecule has 0 saturated carbocycles. The Kier molecular flexibility index (Phi) is 6.08. The molecule has 1 heterocycles. The lowest BCUT2D eigenvalue weighted by molar-refractivity contribution is -0.117. The van der Waals surface area contributed by atoms with E-state index in [0.717, 1.165) is 26.2 Å². The third kappa shape index (κ3) is 5.08. The third-order valence-corrected chi connectivity index (χ3v) is 4.70. The van der Waals surface area contributed by atoms with Gasteiger partial charge in [0.2, 0.25) is 5.91 Å². The van der Waals surface area contributed by atoms with Crippen molar-refractivity contribution in [3.8, 4) is 0 Å². The maximum absolute atomic E-state index is 12.3. The highest BCUT2D eigenvalue weighted by Crippen LogP contribution is 2.18. The Labute approximate surface area is 159 Å². The molecule has 0 atom stereocenters. The summed E-state index contributed by atoms with van der Waals surface area (Å²) in [5.41, 5.74) is 3.63. The van der Waals surface area contributed by atoms with E-state index in [9.17, 15) is 9.59 Å². The van der Waals surface area contributed by atoms with E-state index in [1.54, 1.807) is 24.3 Å². The number of methoxy groups -OCH3 is 1. The molecule has 1 aliphatic heterocycles. The van der Waals surface area contributed by atoms with Crippen molar-refractivity contribution in [1.82, 2.24) is 4.90 Å². The number of carbonyl (C=O) groups is 2. The molecule has 6 heteroatoms. The van der Waals surface area contributed by atoms with Gasteiger partial charge in [-0.2, -0.15) is 0 Å². The van der Waals surface area contributed by atoms with Crippen molar-refractivity contribution in [3.63, 3.8) is 0 Å². The van der Waals surface area contributed by atoms with E-state index in [1.165, 1.54) is 18.4 Å². The van der Waals surface area contributed by atoms with Crippen molar-refractivity contribution in [1.29, 1.82) is 0 Å². The molecular weight excluding hydrogens is 342 g/mol. The van der Waals surface area contributed by atoms with Gasteiger partial charge in [0.25, 0.3) is 0 Å². The molecule has 142 valence electrons. The highest BCUT2D eigenvalue weighted by Gasteiger charge is 2.19. The number of amides is 1. The first-order chi connectivity index (χ1) is 13.0. The van der Waals surface area contributed by atoms with Crippen LogP contribution in [-0.4, -0.2) is 56.6 Å². The second-order valence-electron chi connectivity index (χ2n) is 6.72. The maximum atomic E-state index is 12.3. The van der Waals surface area contributed by atoms with Crippen LogP contribution in [0.1, 0.15) is 15.9 Å². The molecule has 1 amide bonds. The quantitative estimate of drug-likeness (QED) is 0.823. The maximum Gasteiger partial charge on any atom is 0.337 e. The number of aryl methyl sites for hydroxylation is 1. The first-order valence-corrected chi connectivity index (χ1v) is 9.07. The van der Waals surface area contributed by atoms with E-state index in [1.807, 2.05) is 0 Å². The first kappa shape index (κ1) is 18.9. The molecule has 2 aromatic rings. The standard InChI is InChI=1S/C21H25N3O3/c1-16-4-3-5-19(14-16)24-12-10-23(11-13-24)15-20(25)22-18-8-6-17(7-9-18)21(26)27-2/h3-9,14H,10-13,15H2,1-2H3,(H,22,25). The number of ether oxygens (including phenoxy) is 1. The van der Waals surface area contributed by atoms with Gasteiger partial charge >= 0.3 is 5.97 Å². The Bertz CT molecular complexity index is 797. The lowest BCUT2D eigenvalue weighted by Crippen LogP contribution is -2.48. The number of benzene rings is 2. The van der Waals surface area contributed by atoms with Crippen LogP contribution in [0.15, 0.2) is 48.5 Å². The van der Waals surface area contributed by atoms with Gasteiger partial charge in [0.1, 0.15) is 0 Å². The van der Waals surface area contributed by atoms with Crippen LogP contribution in [0.3, 0.4) is 0 Å². The molecule has 0 bridgehead atoms. The van der Waals surface area contributed by atoms with Crippen LogP contribution in [0.25, 0.3) is 0 Å². The molecule has 1 fully saturated rings. The largest absolute Gasteiger partial charge is 0.465 e. The van der Waals surface area contributed by atoms with Gasteiger partial charge in [0.05, 0.1) is 19.2 Å². The van der Waals surface area contributed by atoms with Crippen LogP contribution in [0.5, 0.6) is 0 Å². The van der Waals surface area contributed by atoms with Crippen molar-refractivity contribution < 1.29 is 14.3 Å². The summed E-state index contributed by atoms with van der Waals surface area (Å²) in [6.07, 6.45) is 0. The van der Waals surface area contributed by atoms with E-state index in [2.05, 4.69) is 51.0 Å². The number of nitrogens with one attached hydrogen (secondary N) is 1. The Hall–Kier alpha value is -2.86. The zero-order chi connectivity index (χ0) is 19.2. The summed E-state index contributed by atoms with van der Waals surface area (Å²) < 4.78 is 4.67. The summed E-state index contributed by atoms with van der Waals surface area (Å²) in [5.74, 6) is -0.441. The predicted octanol–water partition coefficient (Wildman–Crippen LogP) is 2.54. The summed E-state index contributed by atoms with van der Waals surface area (Å²) in [6, 6.07) is 15.2. The van der Waals surface area contributed by atoms with Crippen LogP contribution >= 0.6 is 0 Å². The summed E-state index contributed by atoms with van der Waals surface area (Å²) in [6.45, 7) is 5.97. The number of piperazine rings is 1. The SMILES string of the molecule is COC(=O)c1ccc(NC(=O)CN2CCN(c3cccc(C)c3)CC2)cc1. The summed E-state index contributed by atoms with van der Waals surface area (Å²) >= 11 is 0. The van der Waals surface area contributed by atoms with Crippen LogP contribution in [0, 0.1) is 6.92 Å². The number of nitrogens with zero attached hydrogens (tertiary/aromatic N) is 2. The van der Waals surface area contributed by atoms with E-state index < -0.39 is 0 Å². The van der Waals surface area contributed by atoms with Crippen LogP contribution < -0.4 is 10.2 Å². The molecular formula is C21H25N3O3. The molecule has 6 nitrogen and oxygen atoms in total. The highest BCUT2D eigenvalue weighted by atomic mass is 16.5. The van der Waals surface area contributed by atoms with Crippen molar-refractivity contribution >= 4 is 23.3 Å². The molecule has 0 radical (unpaired) electrons. The Morgan fingerprint density at radius 2 is 1.74 bits per heavy atom. The number of esters is 1. The van der Waals surface area contributed by atoms with Gasteiger partial charge in [-0.05, 0) is 48.9 Å². The Morgan fingerprint density at radius 3 is 2.37 bits per heavy atom.